The average Bonchev–Trinajstić information content (AvgIpc) is 2.72. The second kappa shape index (κ2) is 8.29. The molecule has 0 unspecified atom stereocenters. The van der Waals surface area contributed by atoms with Crippen LogP contribution in [-0.2, 0) is 11.0 Å². The van der Waals surface area contributed by atoms with Crippen LogP contribution in [-0.4, -0.2) is 47.8 Å². The fourth-order valence-corrected chi connectivity index (χ4v) is 2.98. The van der Waals surface area contributed by atoms with Crippen LogP contribution in [0.15, 0.2) is 60.7 Å². The van der Waals surface area contributed by atoms with Gasteiger partial charge in [0, 0.05) is 37.8 Å². The lowest BCUT2D eigenvalue weighted by Crippen LogP contribution is -2.50. The van der Waals surface area contributed by atoms with Crippen molar-refractivity contribution in [1.29, 1.82) is 0 Å². The third kappa shape index (κ3) is 4.79. The summed E-state index contributed by atoms with van der Waals surface area (Å²) in [6, 6.07) is 13.7. The first-order chi connectivity index (χ1) is 13.3. The van der Waals surface area contributed by atoms with Gasteiger partial charge in [0.05, 0.1) is 5.56 Å². The molecule has 2 amide bonds. The zero-order chi connectivity index (χ0) is 20.1. The lowest BCUT2D eigenvalue weighted by atomic mass is 10.1. The van der Waals surface area contributed by atoms with Crippen molar-refractivity contribution in [2.75, 3.05) is 26.2 Å². The molecule has 3 rings (SSSR count). The van der Waals surface area contributed by atoms with E-state index in [1.807, 2.05) is 6.07 Å². The fraction of sp³-hybridized carbons (Fsp3) is 0.238. The maximum Gasteiger partial charge on any atom is 0.416 e. The Hall–Kier alpha value is -3.09. The number of amides is 2. The lowest BCUT2D eigenvalue weighted by molar-refractivity contribution is -0.137. The van der Waals surface area contributed by atoms with Gasteiger partial charge >= 0.3 is 6.18 Å². The van der Waals surface area contributed by atoms with Crippen LogP contribution in [0, 0.1) is 0 Å². The first-order valence-corrected chi connectivity index (χ1v) is 8.83. The van der Waals surface area contributed by atoms with E-state index >= 15 is 0 Å². The molecule has 0 spiro atoms. The lowest BCUT2D eigenvalue weighted by Gasteiger charge is -2.34. The predicted molar refractivity (Wildman–Crippen MR) is 99.4 cm³/mol. The minimum absolute atomic E-state index is 0.0767. The Morgan fingerprint density at radius 2 is 1.50 bits per heavy atom. The number of carbonyl (C=O) groups is 2. The highest BCUT2D eigenvalue weighted by molar-refractivity contribution is 5.95. The summed E-state index contributed by atoms with van der Waals surface area (Å²) in [7, 11) is 0. The molecule has 0 bridgehead atoms. The molecule has 0 aromatic heterocycles. The summed E-state index contributed by atoms with van der Waals surface area (Å²) in [6.45, 7) is 1.59. The second-order valence-electron chi connectivity index (χ2n) is 6.44. The number of hydrogen-bond acceptors (Lipinski definition) is 2. The van der Waals surface area contributed by atoms with Gasteiger partial charge in [-0.05, 0) is 35.9 Å². The van der Waals surface area contributed by atoms with Gasteiger partial charge in [0.1, 0.15) is 0 Å². The summed E-state index contributed by atoms with van der Waals surface area (Å²) in [5, 5.41) is 0. The second-order valence-corrected chi connectivity index (χ2v) is 6.44. The van der Waals surface area contributed by atoms with Crippen molar-refractivity contribution >= 4 is 17.9 Å². The fourth-order valence-electron chi connectivity index (χ4n) is 2.98. The van der Waals surface area contributed by atoms with Crippen LogP contribution in [0.5, 0.6) is 0 Å². The van der Waals surface area contributed by atoms with Crippen molar-refractivity contribution in [2.45, 2.75) is 6.18 Å². The normalized spacial score (nSPS) is 15.1. The Morgan fingerprint density at radius 1 is 0.857 bits per heavy atom. The summed E-state index contributed by atoms with van der Waals surface area (Å²) in [6.07, 6.45) is -1.78. The van der Waals surface area contributed by atoms with Crippen molar-refractivity contribution in [3.05, 3.63) is 77.4 Å². The van der Waals surface area contributed by atoms with Gasteiger partial charge in [0.2, 0.25) is 5.91 Å². The van der Waals surface area contributed by atoms with Gasteiger partial charge in [-0.15, -0.1) is 0 Å². The number of halogens is 3. The van der Waals surface area contributed by atoms with Crippen molar-refractivity contribution in [2.24, 2.45) is 0 Å². The number of hydrogen-bond donors (Lipinski definition) is 0. The van der Waals surface area contributed by atoms with Crippen LogP contribution in [0.4, 0.5) is 13.2 Å². The van der Waals surface area contributed by atoms with E-state index in [2.05, 4.69) is 0 Å². The van der Waals surface area contributed by atoms with Crippen LogP contribution in [0.2, 0.25) is 0 Å². The Balaban J connectivity index is 1.57. The van der Waals surface area contributed by atoms with Gasteiger partial charge in [-0.3, -0.25) is 9.59 Å². The number of carbonyl (C=O) groups excluding carboxylic acids is 2. The van der Waals surface area contributed by atoms with Crippen molar-refractivity contribution in [3.63, 3.8) is 0 Å². The smallest absolute Gasteiger partial charge is 0.336 e. The van der Waals surface area contributed by atoms with Crippen LogP contribution < -0.4 is 0 Å². The monoisotopic (exact) mass is 388 g/mol. The molecule has 1 fully saturated rings. The summed E-state index contributed by atoms with van der Waals surface area (Å²) in [5.74, 6) is -0.364. The molecule has 1 saturated heterocycles. The van der Waals surface area contributed by atoms with E-state index in [9.17, 15) is 22.8 Å². The molecule has 28 heavy (non-hydrogen) atoms. The van der Waals surface area contributed by atoms with Crippen LogP contribution in [0.25, 0.3) is 6.08 Å². The highest BCUT2D eigenvalue weighted by atomic mass is 19.4. The highest BCUT2D eigenvalue weighted by Crippen LogP contribution is 2.29. The number of rotatable bonds is 3. The van der Waals surface area contributed by atoms with E-state index in [0.29, 0.717) is 37.3 Å². The molecule has 0 N–H and O–H groups in total. The van der Waals surface area contributed by atoms with Gasteiger partial charge in [-0.25, -0.2) is 0 Å². The van der Waals surface area contributed by atoms with Gasteiger partial charge in [0.25, 0.3) is 5.91 Å². The van der Waals surface area contributed by atoms with E-state index < -0.39 is 11.7 Å². The van der Waals surface area contributed by atoms with Gasteiger partial charge < -0.3 is 9.80 Å². The number of piperazine rings is 1. The molecule has 0 saturated carbocycles. The van der Waals surface area contributed by atoms with E-state index in [4.69, 9.17) is 0 Å². The molecule has 1 aliphatic rings. The molecule has 0 aliphatic carbocycles. The third-order valence-corrected chi connectivity index (χ3v) is 4.53. The van der Waals surface area contributed by atoms with Crippen molar-refractivity contribution in [3.8, 4) is 0 Å². The molecule has 2 aromatic rings. The van der Waals surface area contributed by atoms with Gasteiger partial charge in [-0.1, -0.05) is 30.3 Å². The van der Waals surface area contributed by atoms with Crippen LogP contribution >= 0.6 is 0 Å². The summed E-state index contributed by atoms with van der Waals surface area (Å²) in [5.41, 5.74) is 0.155. The third-order valence-electron chi connectivity index (χ3n) is 4.53. The molecule has 1 heterocycles. The molecular weight excluding hydrogens is 369 g/mol. The van der Waals surface area contributed by atoms with Crippen LogP contribution in [0.1, 0.15) is 21.5 Å². The van der Waals surface area contributed by atoms with E-state index in [1.54, 1.807) is 34.1 Å². The molecule has 4 nitrogen and oxygen atoms in total. The predicted octanol–water partition coefficient (Wildman–Crippen LogP) is 3.70. The number of alkyl halides is 3. The molecule has 1 aliphatic heterocycles. The topological polar surface area (TPSA) is 40.6 Å². The Bertz CT molecular complexity index is 871. The molecule has 0 atom stereocenters. The molecular formula is C21H19F3N2O2. The number of benzene rings is 2. The largest absolute Gasteiger partial charge is 0.416 e. The first kappa shape index (κ1) is 19.7. The maximum atomic E-state index is 12.8. The maximum absolute atomic E-state index is 12.8. The SMILES string of the molecule is O=C(/C=C/c1cccc(C(F)(F)F)c1)N1CCN(C(=O)c2ccccc2)CC1. The quantitative estimate of drug-likeness (QED) is 0.753. The van der Waals surface area contributed by atoms with E-state index in [1.165, 1.54) is 24.3 Å². The van der Waals surface area contributed by atoms with E-state index in [0.717, 1.165) is 12.1 Å². The van der Waals surface area contributed by atoms with Crippen LogP contribution in [0.3, 0.4) is 0 Å². The zero-order valence-corrected chi connectivity index (χ0v) is 15.0. The van der Waals surface area contributed by atoms with Crippen molar-refractivity contribution in [1.82, 2.24) is 9.80 Å². The number of nitrogens with zero attached hydrogens (tertiary/aromatic N) is 2. The Morgan fingerprint density at radius 3 is 2.14 bits per heavy atom. The zero-order valence-electron chi connectivity index (χ0n) is 15.0. The molecule has 146 valence electrons. The van der Waals surface area contributed by atoms with Gasteiger partial charge in [0.15, 0.2) is 0 Å². The summed E-state index contributed by atoms with van der Waals surface area (Å²) >= 11 is 0. The van der Waals surface area contributed by atoms with Crippen molar-refractivity contribution < 1.29 is 22.8 Å². The molecule has 2 aromatic carbocycles. The summed E-state index contributed by atoms with van der Waals surface area (Å²) in [4.78, 5) is 28.0. The Kier molecular flexibility index (Phi) is 5.82. The van der Waals surface area contributed by atoms with Gasteiger partial charge in [-0.2, -0.15) is 13.2 Å². The first-order valence-electron chi connectivity index (χ1n) is 8.83. The minimum atomic E-state index is -4.42. The standard InChI is InChI=1S/C21H19F3N2O2/c22-21(23,24)18-8-4-5-16(15-18)9-10-19(27)25-11-13-26(14-12-25)20(28)17-6-2-1-3-7-17/h1-10,15H,11-14H2/b10-9+. The molecule has 7 heteroatoms. The average molecular weight is 388 g/mol. The van der Waals surface area contributed by atoms with E-state index in [-0.39, 0.29) is 11.8 Å². The highest BCUT2D eigenvalue weighted by Gasteiger charge is 2.30. The minimum Gasteiger partial charge on any atom is -0.336 e. The Labute approximate surface area is 160 Å². The molecule has 0 radical (unpaired) electrons. The summed E-state index contributed by atoms with van der Waals surface area (Å²) < 4.78 is 38.3.